The molecule has 6 heteroatoms. The van der Waals surface area contributed by atoms with Crippen molar-refractivity contribution in [3.63, 3.8) is 0 Å². The molecule has 5 nitrogen and oxygen atoms in total. The molecular formula is C20H18ClNO4. The van der Waals surface area contributed by atoms with Gasteiger partial charge < -0.3 is 4.74 Å². The molecule has 0 unspecified atom stereocenters. The van der Waals surface area contributed by atoms with Crippen LogP contribution in [0.1, 0.15) is 12.0 Å². The largest absolute Gasteiger partial charge is 0.459 e. The average molecular weight is 372 g/mol. The summed E-state index contributed by atoms with van der Waals surface area (Å²) in [7, 11) is 0. The molecule has 1 aromatic rings. The Labute approximate surface area is 155 Å². The lowest BCUT2D eigenvalue weighted by molar-refractivity contribution is -0.154. The molecule has 1 aromatic carbocycles. The van der Waals surface area contributed by atoms with E-state index in [1.165, 1.54) is 0 Å². The number of nitrogens with zero attached hydrogens (tertiary/aromatic N) is 1. The third kappa shape index (κ3) is 2.26. The molecule has 6 rings (SSSR count). The normalized spacial score (nSPS) is 36.1. The standard InChI is InChI=1S/C20H18ClNO4/c21-15-4-2-1-3-10(15)9-26-16(23)8-22-19(24)17-11-5-6-12(14-7-13(11)14)18(17)20(22)25/h1-6,11-14,17-18H,7-9H2/t11-,12-,13-,14-,17+,18+/m1/s1. The fourth-order valence-electron chi connectivity index (χ4n) is 5.12. The number of allylic oxidation sites excluding steroid dienone is 2. The monoisotopic (exact) mass is 371 g/mol. The Kier molecular flexibility index (Phi) is 3.51. The fourth-order valence-corrected chi connectivity index (χ4v) is 5.31. The number of ether oxygens (including phenoxy) is 1. The van der Waals surface area contributed by atoms with Crippen molar-refractivity contribution < 1.29 is 19.1 Å². The number of hydrogen-bond donors (Lipinski definition) is 0. The van der Waals surface area contributed by atoms with Crippen LogP contribution < -0.4 is 0 Å². The second kappa shape index (κ2) is 5.68. The summed E-state index contributed by atoms with van der Waals surface area (Å²) in [6.45, 7) is -0.289. The number of imide groups is 1. The van der Waals surface area contributed by atoms with Gasteiger partial charge in [0.1, 0.15) is 13.2 Å². The zero-order valence-corrected chi connectivity index (χ0v) is 14.8. The van der Waals surface area contributed by atoms with E-state index in [-0.39, 0.29) is 48.6 Å². The van der Waals surface area contributed by atoms with E-state index in [0.717, 1.165) is 11.3 Å². The number of amides is 2. The second-order valence-electron chi connectivity index (χ2n) is 7.67. The van der Waals surface area contributed by atoms with Crippen molar-refractivity contribution in [3.05, 3.63) is 47.0 Å². The van der Waals surface area contributed by atoms with E-state index >= 15 is 0 Å². The lowest BCUT2D eigenvalue weighted by Gasteiger charge is -2.37. The zero-order valence-electron chi connectivity index (χ0n) is 14.0. The predicted octanol–water partition coefficient (Wildman–Crippen LogP) is 2.44. The van der Waals surface area contributed by atoms with Crippen LogP contribution in [0.4, 0.5) is 0 Å². The van der Waals surface area contributed by atoms with Crippen LogP contribution in [0.2, 0.25) is 5.02 Å². The molecule has 1 saturated heterocycles. The second-order valence-corrected chi connectivity index (χ2v) is 8.08. The molecule has 5 aliphatic rings. The number of carbonyl (C=O) groups is 3. The first-order chi connectivity index (χ1) is 12.6. The lowest BCUT2D eigenvalue weighted by atomic mass is 9.63. The lowest BCUT2D eigenvalue weighted by Crippen LogP contribution is -2.40. The molecule has 3 fully saturated rings. The molecule has 26 heavy (non-hydrogen) atoms. The Bertz CT molecular complexity index is 814. The van der Waals surface area contributed by atoms with Gasteiger partial charge in [-0.05, 0) is 36.2 Å². The molecule has 1 aliphatic heterocycles. The Morgan fingerprint density at radius 3 is 2.31 bits per heavy atom. The van der Waals surface area contributed by atoms with Crippen LogP contribution in [-0.2, 0) is 25.7 Å². The van der Waals surface area contributed by atoms with Gasteiger partial charge >= 0.3 is 5.97 Å². The number of hydrogen-bond acceptors (Lipinski definition) is 4. The van der Waals surface area contributed by atoms with E-state index in [0.29, 0.717) is 22.4 Å². The Balaban J connectivity index is 1.27. The Morgan fingerprint density at radius 1 is 1.08 bits per heavy atom. The van der Waals surface area contributed by atoms with Crippen molar-refractivity contribution >= 4 is 29.4 Å². The number of carbonyl (C=O) groups excluding carboxylic acids is 3. The summed E-state index contributed by atoms with van der Waals surface area (Å²) in [5, 5.41) is 0.515. The van der Waals surface area contributed by atoms with Gasteiger partial charge in [0.05, 0.1) is 11.8 Å². The van der Waals surface area contributed by atoms with E-state index in [9.17, 15) is 14.4 Å². The number of halogens is 1. The number of benzene rings is 1. The number of rotatable bonds is 4. The Hall–Kier alpha value is -2.14. The summed E-state index contributed by atoms with van der Waals surface area (Å²) in [5.74, 6) is -0.138. The maximum atomic E-state index is 12.8. The quantitative estimate of drug-likeness (QED) is 0.463. The van der Waals surface area contributed by atoms with Crippen LogP contribution >= 0.6 is 11.6 Å². The molecule has 2 bridgehead atoms. The molecule has 2 amide bonds. The van der Waals surface area contributed by atoms with Gasteiger partial charge in [-0.25, -0.2) is 0 Å². The maximum absolute atomic E-state index is 12.8. The summed E-state index contributed by atoms with van der Waals surface area (Å²) in [4.78, 5) is 38.9. The van der Waals surface area contributed by atoms with Gasteiger partial charge in [-0.2, -0.15) is 0 Å². The number of esters is 1. The highest BCUT2D eigenvalue weighted by molar-refractivity contribution is 6.31. The van der Waals surface area contributed by atoms with E-state index in [1.807, 2.05) is 0 Å². The number of likely N-dealkylation sites (tertiary alicyclic amines) is 1. The van der Waals surface area contributed by atoms with Gasteiger partial charge in [-0.15, -0.1) is 0 Å². The van der Waals surface area contributed by atoms with Crippen LogP contribution in [0, 0.1) is 35.5 Å². The summed E-state index contributed by atoms with van der Waals surface area (Å²) in [6.07, 6.45) is 5.35. The van der Waals surface area contributed by atoms with E-state index in [2.05, 4.69) is 12.2 Å². The first-order valence-corrected chi connectivity index (χ1v) is 9.36. The van der Waals surface area contributed by atoms with E-state index in [1.54, 1.807) is 24.3 Å². The van der Waals surface area contributed by atoms with Gasteiger partial charge in [-0.3, -0.25) is 19.3 Å². The highest BCUT2D eigenvalue weighted by Gasteiger charge is 2.67. The van der Waals surface area contributed by atoms with Crippen LogP contribution in [0.5, 0.6) is 0 Å². The van der Waals surface area contributed by atoms with Crippen molar-refractivity contribution in [2.45, 2.75) is 13.0 Å². The van der Waals surface area contributed by atoms with Crippen LogP contribution in [-0.4, -0.2) is 29.2 Å². The summed E-state index contributed by atoms with van der Waals surface area (Å²) in [5.41, 5.74) is 0.692. The van der Waals surface area contributed by atoms with E-state index in [4.69, 9.17) is 16.3 Å². The predicted molar refractivity (Wildman–Crippen MR) is 92.7 cm³/mol. The minimum atomic E-state index is -0.587. The SMILES string of the molecule is O=C(CN1C(=O)[C@H]2[C@@H]3C=C[C@H]([C@H]4C[C@H]34)[C@@H]2C1=O)OCc1ccccc1Cl. The van der Waals surface area contributed by atoms with Gasteiger partial charge in [0.15, 0.2) is 0 Å². The fraction of sp³-hybridized carbons (Fsp3) is 0.450. The van der Waals surface area contributed by atoms with Crippen LogP contribution in [0.15, 0.2) is 36.4 Å². The minimum Gasteiger partial charge on any atom is -0.459 e. The zero-order chi connectivity index (χ0) is 18.0. The van der Waals surface area contributed by atoms with Gasteiger partial charge in [0.2, 0.25) is 11.8 Å². The van der Waals surface area contributed by atoms with Crippen molar-refractivity contribution in [1.82, 2.24) is 4.90 Å². The molecule has 0 spiro atoms. The molecular weight excluding hydrogens is 354 g/mol. The van der Waals surface area contributed by atoms with Crippen LogP contribution in [0.3, 0.4) is 0 Å². The van der Waals surface area contributed by atoms with E-state index < -0.39 is 5.97 Å². The smallest absolute Gasteiger partial charge is 0.326 e. The summed E-state index contributed by atoms with van der Waals surface area (Å²) >= 11 is 6.05. The summed E-state index contributed by atoms with van der Waals surface area (Å²) in [6, 6.07) is 7.09. The molecule has 1 heterocycles. The molecule has 4 aliphatic carbocycles. The maximum Gasteiger partial charge on any atom is 0.326 e. The topological polar surface area (TPSA) is 63.7 Å². The molecule has 0 N–H and O–H groups in total. The molecule has 134 valence electrons. The molecule has 6 atom stereocenters. The average Bonchev–Trinajstić information content (AvgIpc) is 3.42. The van der Waals surface area contributed by atoms with Crippen LogP contribution in [0.25, 0.3) is 0 Å². The summed E-state index contributed by atoms with van der Waals surface area (Å²) < 4.78 is 5.23. The van der Waals surface area contributed by atoms with Gasteiger partial charge in [0.25, 0.3) is 0 Å². The highest BCUT2D eigenvalue weighted by atomic mass is 35.5. The Morgan fingerprint density at radius 2 is 1.69 bits per heavy atom. The van der Waals surface area contributed by atoms with Crippen molar-refractivity contribution in [3.8, 4) is 0 Å². The molecule has 0 radical (unpaired) electrons. The molecule has 2 saturated carbocycles. The van der Waals surface area contributed by atoms with Crippen molar-refractivity contribution in [2.75, 3.05) is 6.54 Å². The van der Waals surface area contributed by atoms with Crippen molar-refractivity contribution in [1.29, 1.82) is 0 Å². The third-order valence-corrected chi connectivity index (χ3v) is 6.76. The highest BCUT2D eigenvalue weighted by Crippen LogP contribution is 2.65. The first kappa shape index (κ1) is 16.1. The van der Waals surface area contributed by atoms with Gasteiger partial charge in [0, 0.05) is 10.6 Å². The molecule has 0 aromatic heterocycles. The minimum absolute atomic E-state index is 0.0263. The third-order valence-electron chi connectivity index (χ3n) is 6.39. The first-order valence-electron chi connectivity index (χ1n) is 8.99. The van der Waals surface area contributed by atoms with Crippen molar-refractivity contribution in [2.24, 2.45) is 35.5 Å². The van der Waals surface area contributed by atoms with Gasteiger partial charge in [-0.1, -0.05) is 42.0 Å².